The molecular formula is C57H84O15. The molecule has 0 bridgehead atoms. The number of ether oxygens (including phenoxy) is 14. The Morgan fingerprint density at radius 3 is 1.17 bits per heavy atom. The van der Waals surface area contributed by atoms with E-state index in [9.17, 15) is 4.79 Å². The van der Waals surface area contributed by atoms with Crippen molar-refractivity contribution in [1.29, 1.82) is 0 Å². The highest BCUT2D eigenvalue weighted by Crippen LogP contribution is 2.37. The van der Waals surface area contributed by atoms with E-state index in [0.717, 1.165) is 56.1 Å². The maximum atomic E-state index is 10.9. The second kappa shape index (κ2) is 41.9. The van der Waals surface area contributed by atoms with E-state index in [4.69, 9.17) is 66.3 Å². The zero-order valence-electron chi connectivity index (χ0n) is 43.3. The summed E-state index contributed by atoms with van der Waals surface area (Å²) in [5.41, 5.74) is 1.49. The van der Waals surface area contributed by atoms with Gasteiger partial charge in [-0.3, -0.25) is 0 Å². The molecule has 0 N–H and O–H groups in total. The molecule has 0 atom stereocenters. The molecule has 0 aliphatic carbocycles. The van der Waals surface area contributed by atoms with Gasteiger partial charge in [0, 0.05) is 11.5 Å². The fourth-order valence-corrected chi connectivity index (χ4v) is 6.89. The van der Waals surface area contributed by atoms with Crippen LogP contribution in [0.25, 0.3) is 0 Å². The molecule has 2 aromatic carbocycles. The number of carbonyl (C=O) groups is 1. The summed E-state index contributed by atoms with van der Waals surface area (Å²) in [5.74, 6) is 1.11. The monoisotopic (exact) mass is 1010 g/mol. The summed E-state index contributed by atoms with van der Waals surface area (Å²) in [4.78, 5) is 10.9. The molecule has 0 fully saturated rings. The minimum atomic E-state index is -0.638. The van der Waals surface area contributed by atoms with Gasteiger partial charge in [0.15, 0.2) is 27.2 Å². The van der Waals surface area contributed by atoms with Gasteiger partial charge in [0.05, 0.1) is 96.5 Å². The molecule has 0 heterocycles. The highest BCUT2D eigenvalue weighted by molar-refractivity contribution is 5.81. The van der Waals surface area contributed by atoms with E-state index in [0.29, 0.717) is 59.5 Å². The van der Waals surface area contributed by atoms with E-state index in [2.05, 4.69) is 90.7 Å². The first-order chi connectivity index (χ1) is 35.0. The van der Waals surface area contributed by atoms with Crippen molar-refractivity contribution >= 4 is 5.97 Å². The van der Waals surface area contributed by atoms with Gasteiger partial charge >= 0.3 is 5.97 Å². The predicted octanol–water partition coefficient (Wildman–Crippen LogP) is 10.9. The average molecular weight is 1010 g/mol. The number of carbonyl (C=O) groups excluding carboxylic acids is 1. The summed E-state index contributed by atoms with van der Waals surface area (Å²) in [6, 6.07) is 16.2. The van der Waals surface area contributed by atoms with Crippen LogP contribution in [0.4, 0.5) is 0 Å². The van der Waals surface area contributed by atoms with Crippen molar-refractivity contribution in [3.05, 3.63) is 162 Å². The second-order valence-electron chi connectivity index (χ2n) is 16.7. The third-order valence-corrected chi connectivity index (χ3v) is 10.9. The summed E-state index contributed by atoms with van der Waals surface area (Å²) in [5, 5.41) is 0. The van der Waals surface area contributed by atoms with Crippen LogP contribution in [0.15, 0.2) is 151 Å². The molecule has 0 radical (unpaired) electrons. The number of rotatable bonds is 48. The Kier molecular flexibility index (Phi) is 37.5. The largest absolute Gasteiger partial charge is 0.491 e. The Morgan fingerprint density at radius 2 is 0.778 bits per heavy atom. The molecule has 0 unspecified atom stereocenters. The average Bonchev–Trinajstić information content (AvgIpc) is 3.40. The van der Waals surface area contributed by atoms with E-state index >= 15 is 0 Å². The summed E-state index contributed by atoms with van der Waals surface area (Å²) in [7, 11) is 0. The SMILES string of the molecule is C=CCCC(CCC=C)(CCC=C)COCC(COCOC=C)(COCOC=C)COCOC=C.C=COCOCCOCCOc1ccc(C(C)(C)c2ccc(OCCOCCOC(=O)C=C)cc2)cc1. The minimum Gasteiger partial charge on any atom is -0.491 e. The molecule has 0 saturated heterocycles. The van der Waals surface area contributed by atoms with Gasteiger partial charge in [0.25, 0.3) is 0 Å². The van der Waals surface area contributed by atoms with E-state index in [1.165, 1.54) is 36.2 Å². The quantitative estimate of drug-likeness (QED) is 0.0155. The maximum Gasteiger partial charge on any atom is 0.330 e. The lowest BCUT2D eigenvalue weighted by atomic mass is 9.75. The molecule has 15 nitrogen and oxygen atoms in total. The molecule has 2 rings (SSSR count). The van der Waals surface area contributed by atoms with E-state index < -0.39 is 11.4 Å². The van der Waals surface area contributed by atoms with Gasteiger partial charge in [-0.25, -0.2) is 4.79 Å². The zero-order chi connectivity index (χ0) is 52.9. The van der Waals surface area contributed by atoms with Crippen LogP contribution < -0.4 is 9.47 Å². The molecule has 72 heavy (non-hydrogen) atoms. The normalized spacial score (nSPS) is 11.1. The summed E-state index contributed by atoms with van der Waals surface area (Å²) in [6.45, 7) is 38.7. The number of benzene rings is 2. The molecule has 0 aliphatic rings. The lowest BCUT2D eigenvalue weighted by Gasteiger charge is -2.37. The van der Waals surface area contributed by atoms with Crippen molar-refractivity contribution in [2.75, 3.05) is 113 Å². The Bertz CT molecular complexity index is 1690. The maximum absolute atomic E-state index is 10.9. The lowest BCUT2D eigenvalue weighted by Crippen LogP contribution is -2.43. The van der Waals surface area contributed by atoms with Crippen LogP contribution in [-0.2, 0) is 67.1 Å². The summed E-state index contributed by atoms with van der Waals surface area (Å²) in [6.07, 6.45) is 18.0. The molecular weight excluding hydrogens is 925 g/mol. The van der Waals surface area contributed by atoms with Crippen molar-refractivity contribution in [3.63, 3.8) is 0 Å². The fraction of sp³-hybridized carbons (Fsp3) is 0.491. The van der Waals surface area contributed by atoms with Gasteiger partial charge in [-0.2, -0.15) is 0 Å². The van der Waals surface area contributed by atoms with Gasteiger partial charge in [-0.05, 0) is 79.3 Å². The Balaban J connectivity index is 0.000000722. The van der Waals surface area contributed by atoms with Crippen molar-refractivity contribution < 1.29 is 71.1 Å². The third-order valence-electron chi connectivity index (χ3n) is 10.9. The molecule has 402 valence electrons. The minimum absolute atomic E-state index is 0.0191. The first kappa shape index (κ1) is 64.4. The van der Waals surface area contributed by atoms with Crippen molar-refractivity contribution in [2.24, 2.45) is 10.8 Å². The molecule has 0 aliphatic heterocycles. The van der Waals surface area contributed by atoms with Crippen molar-refractivity contribution in [1.82, 2.24) is 0 Å². The number of hydrogen-bond acceptors (Lipinski definition) is 15. The van der Waals surface area contributed by atoms with Crippen LogP contribution in [0.3, 0.4) is 0 Å². The first-order valence-electron chi connectivity index (χ1n) is 24.1. The van der Waals surface area contributed by atoms with E-state index in [1.807, 2.05) is 42.5 Å². The van der Waals surface area contributed by atoms with Crippen LogP contribution in [0, 0.1) is 10.8 Å². The zero-order valence-corrected chi connectivity index (χ0v) is 43.3. The lowest BCUT2D eigenvalue weighted by molar-refractivity contribution is -0.161. The van der Waals surface area contributed by atoms with Gasteiger partial charge in [-0.1, -0.05) is 89.2 Å². The predicted molar refractivity (Wildman–Crippen MR) is 281 cm³/mol. The molecule has 0 amide bonds. The fourth-order valence-electron chi connectivity index (χ4n) is 6.89. The molecule has 0 saturated carbocycles. The van der Waals surface area contributed by atoms with Crippen LogP contribution in [0.1, 0.15) is 63.5 Å². The van der Waals surface area contributed by atoms with E-state index in [1.54, 1.807) is 0 Å². The van der Waals surface area contributed by atoms with Crippen LogP contribution in [-0.4, -0.2) is 119 Å². The molecule has 2 aromatic rings. The highest BCUT2D eigenvalue weighted by atomic mass is 16.7. The van der Waals surface area contributed by atoms with Gasteiger partial charge in [0.2, 0.25) is 0 Å². The second-order valence-corrected chi connectivity index (χ2v) is 16.7. The number of esters is 1. The van der Waals surface area contributed by atoms with Crippen molar-refractivity contribution in [3.8, 4) is 11.5 Å². The molecule has 0 spiro atoms. The summed E-state index contributed by atoms with van der Waals surface area (Å²) < 4.78 is 76.2. The van der Waals surface area contributed by atoms with Crippen LogP contribution in [0.2, 0.25) is 0 Å². The van der Waals surface area contributed by atoms with E-state index in [-0.39, 0.29) is 64.4 Å². The van der Waals surface area contributed by atoms with Gasteiger partial charge in [0.1, 0.15) is 31.3 Å². The van der Waals surface area contributed by atoms with Gasteiger partial charge in [-0.15, -0.1) is 19.7 Å². The first-order valence-corrected chi connectivity index (χ1v) is 24.1. The molecule has 15 heteroatoms. The molecule has 0 aromatic heterocycles. The number of hydrogen-bond donors (Lipinski definition) is 0. The number of allylic oxidation sites excluding steroid dienone is 3. The van der Waals surface area contributed by atoms with Crippen LogP contribution in [0.5, 0.6) is 11.5 Å². The standard InChI is InChI=1S/C29H38O8.C28H46O7/c1-5-28(30)37-22-19-33-18-21-36-27-13-9-25(10-14-27)29(3,4)24-7-11-26(12-8-24)35-20-17-32-15-16-34-23-31-6-2;1-7-13-16-27(17-14-8-2,18-15-9-3)19-32-20-28(21-33-24-29-10-4,22-34-25-30-11-5)23-35-26-31-12-6/h5-14H,1-2,15-23H2,3-4H3;7-12H,1-6,13-26H2. The summed E-state index contributed by atoms with van der Waals surface area (Å²) >= 11 is 0. The van der Waals surface area contributed by atoms with Crippen molar-refractivity contribution in [2.45, 2.75) is 57.8 Å². The Labute approximate surface area is 430 Å². The highest BCUT2D eigenvalue weighted by Gasteiger charge is 2.35. The van der Waals surface area contributed by atoms with Gasteiger partial charge < -0.3 is 66.3 Å². The Morgan fingerprint density at radius 1 is 0.431 bits per heavy atom. The topological polar surface area (TPSA) is 146 Å². The smallest absolute Gasteiger partial charge is 0.330 e. The van der Waals surface area contributed by atoms with Crippen LogP contribution >= 0.6 is 0 Å². The third kappa shape index (κ3) is 29.6. The Hall–Kier alpha value is -5.65.